The number of nitrogens with zero attached hydrogens (tertiary/aromatic N) is 1. The molecule has 1 nitrogen and oxygen atoms in total. The van der Waals surface area contributed by atoms with E-state index in [0.29, 0.717) is 5.15 Å². The summed E-state index contributed by atoms with van der Waals surface area (Å²) in [5, 5.41) is 0.627. The van der Waals surface area contributed by atoms with Crippen LogP contribution in [0.5, 0.6) is 0 Å². The van der Waals surface area contributed by atoms with Crippen molar-refractivity contribution in [2.24, 2.45) is 0 Å². The minimum Gasteiger partial charge on any atom is -0.241 e. The van der Waals surface area contributed by atoms with E-state index < -0.39 is 0 Å². The molecular formula is C10H14ClN. The highest BCUT2D eigenvalue weighted by Crippen LogP contribution is 2.27. The molecule has 0 aliphatic carbocycles. The third-order valence-electron chi connectivity index (χ3n) is 1.80. The lowest BCUT2D eigenvalue weighted by atomic mass is 9.88. The Kier molecular flexibility index (Phi) is 2.43. The van der Waals surface area contributed by atoms with Gasteiger partial charge in [0.1, 0.15) is 5.15 Å². The molecule has 1 aromatic heterocycles. The zero-order valence-corrected chi connectivity index (χ0v) is 8.74. The lowest BCUT2D eigenvalue weighted by Gasteiger charge is -2.19. The maximum Gasteiger partial charge on any atom is 0.133 e. The molecule has 0 unspecified atom stereocenters. The standard InChI is InChI=1S/C10H14ClN/c1-7-5-6-8(9(11)12-7)10(2,3)4/h5-6H,1-4H3. The maximum atomic E-state index is 6.00. The highest BCUT2D eigenvalue weighted by atomic mass is 35.5. The van der Waals surface area contributed by atoms with Crippen molar-refractivity contribution in [3.63, 3.8) is 0 Å². The van der Waals surface area contributed by atoms with Gasteiger partial charge in [-0.2, -0.15) is 0 Å². The number of aromatic nitrogens is 1. The van der Waals surface area contributed by atoms with Crippen molar-refractivity contribution in [2.45, 2.75) is 33.1 Å². The number of aryl methyl sites for hydroxylation is 1. The van der Waals surface area contributed by atoms with Gasteiger partial charge in [0.25, 0.3) is 0 Å². The van der Waals surface area contributed by atoms with Gasteiger partial charge < -0.3 is 0 Å². The van der Waals surface area contributed by atoms with Gasteiger partial charge in [-0.15, -0.1) is 0 Å². The van der Waals surface area contributed by atoms with Crippen LogP contribution in [-0.2, 0) is 5.41 Å². The molecule has 12 heavy (non-hydrogen) atoms. The average Bonchev–Trinajstić information content (AvgIpc) is 1.83. The summed E-state index contributed by atoms with van der Waals surface area (Å²) in [6.07, 6.45) is 0. The summed E-state index contributed by atoms with van der Waals surface area (Å²) >= 11 is 6.00. The topological polar surface area (TPSA) is 12.9 Å². The zero-order chi connectivity index (χ0) is 9.35. The summed E-state index contributed by atoms with van der Waals surface area (Å²) in [4.78, 5) is 4.21. The van der Waals surface area contributed by atoms with Crippen LogP contribution in [0.25, 0.3) is 0 Å². The summed E-state index contributed by atoms with van der Waals surface area (Å²) in [6.45, 7) is 8.33. The van der Waals surface area contributed by atoms with E-state index in [1.165, 1.54) is 0 Å². The first kappa shape index (κ1) is 9.53. The zero-order valence-electron chi connectivity index (χ0n) is 7.98. The first-order valence-electron chi connectivity index (χ1n) is 4.05. The van der Waals surface area contributed by atoms with E-state index in [1.807, 2.05) is 19.1 Å². The van der Waals surface area contributed by atoms with E-state index in [-0.39, 0.29) is 5.41 Å². The van der Waals surface area contributed by atoms with Crippen molar-refractivity contribution < 1.29 is 0 Å². The van der Waals surface area contributed by atoms with E-state index in [4.69, 9.17) is 11.6 Å². The highest BCUT2D eigenvalue weighted by Gasteiger charge is 2.17. The molecule has 0 aliphatic rings. The van der Waals surface area contributed by atoms with Crippen LogP contribution < -0.4 is 0 Å². The van der Waals surface area contributed by atoms with E-state index >= 15 is 0 Å². The monoisotopic (exact) mass is 183 g/mol. The fourth-order valence-electron chi connectivity index (χ4n) is 1.08. The first-order valence-corrected chi connectivity index (χ1v) is 4.42. The van der Waals surface area contributed by atoms with Crippen molar-refractivity contribution in [1.29, 1.82) is 0 Å². The predicted octanol–water partition coefficient (Wildman–Crippen LogP) is 3.34. The minimum atomic E-state index is 0.0811. The normalized spacial score (nSPS) is 11.8. The van der Waals surface area contributed by atoms with Gasteiger partial charge in [0.05, 0.1) is 0 Å². The molecule has 1 rings (SSSR count). The lowest BCUT2D eigenvalue weighted by Crippen LogP contribution is -2.12. The Labute approximate surface area is 78.8 Å². The van der Waals surface area contributed by atoms with Gasteiger partial charge in [-0.25, -0.2) is 4.98 Å². The van der Waals surface area contributed by atoms with Crippen LogP contribution >= 0.6 is 11.6 Å². The van der Waals surface area contributed by atoms with Crippen LogP contribution in [0.15, 0.2) is 12.1 Å². The number of halogens is 1. The Balaban J connectivity index is 3.19. The predicted molar refractivity (Wildman–Crippen MR) is 52.7 cm³/mol. The molecular weight excluding hydrogens is 170 g/mol. The quantitative estimate of drug-likeness (QED) is 0.563. The third-order valence-corrected chi connectivity index (χ3v) is 2.08. The number of pyridine rings is 1. The van der Waals surface area contributed by atoms with Crippen molar-refractivity contribution >= 4 is 11.6 Å². The van der Waals surface area contributed by atoms with Gasteiger partial charge in [-0.05, 0) is 24.0 Å². The Morgan fingerprint density at radius 1 is 1.25 bits per heavy atom. The van der Waals surface area contributed by atoms with Gasteiger partial charge in [0.15, 0.2) is 0 Å². The van der Waals surface area contributed by atoms with Gasteiger partial charge in [0.2, 0.25) is 0 Å². The number of rotatable bonds is 0. The fourth-order valence-corrected chi connectivity index (χ4v) is 1.56. The molecule has 0 radical (unpaired) electrons. The van der Waals surface area contributed by atoms with Crippen molar-refractivity contribution in [1.82, 2.24) is 4.98 Å². The first-order chi connectivity index (χ1) is 5.41. The molecule has 1 aromatic rings. The summed E-state index contributed by atoms with van der Waals surface area (Å²) < 4.78 is 0. The van der Waals surface area contributed by atoms with E-state index in [0.717, 1.165) is 11.3 Å². The third kappa shape index (κ3) is 1.98. The second kappa shape index (κ2) is 3.06. The van der Waals surface area contributed by atoms with Crippen molar-refractivity contribution in [3.05, 3.63) is 28.5 Å². The van der Waals surface area contributed by atoms with E-state index in [2.05, 4.69) is 25.8 Å². The molecule has 0 aliphatic heterocycles. The van der Waals surface area contributed by atoms with Crippen molar-refractivity contribution in [2.75, 3.05) is 0 Å². The maximum absolute atomic E-state index is 6.00. The van der Waals surface area contributed by atoms with Crippen LogP contribution in [0.3, 0.4) is 0 Å². The SMILES string of the molecule is Cc1ccc(C(C)(C)C)c(Cl)n1. The second-order valence-corrected chi connectivity index (χ2v) is 4.40. The molecule has 0 aromatic carbocycles. The number of hydrogen-bond donors (Lipinski definition) is 0. The average molecular weight is 184 g/mol. The second-order valence-electron chi connectivity index (χ2n) is 4.04. The minimum absolute atomic E-state index is 0.0811. The van der Waals surface area contributed by atoms with Crippen LogP contribution in [0.1, 0.15) is 32.0 Å². The van der Waals surface area contributed by atoms with E-state index in [9.17, 15) is 0 Å². The Hall–Kier alpha value is -0.560. The molecule has 0 saturated heterocycles. The molecule has 0 amide bonds. The summed E-state index contributed by atoms with van der Waals surface area (Å²) in [5.74, 6) is 0. The van der Waals surface area contributed by atoms with Crippen LogP contribution in [0.2, 0.25) is 5.15 Å². The molecule has 66 valence electrons. The van der Waals surface area contributed by atoms with Crippen LogP contribution in [0.4, 0.5) is 0 Å². The molecule has 0 fully saturated rings. The summed E-state index contributed by atoms with van der Waals surface area (Å²) in [6, 6.07) is 4.04. The molecule has 0 bridgehead atoms. The van der Waals surface area contributed by atoms with Crippen molar-refractivity contribution in [3.8, 4) is 0 Å². The molecule has 1 heterocycles. The van der Waals surface area contributed by atoms with Crippen LogP contribution in [0, 0.1) is 6.92 Å². The molecule has 0 N–H and O–H groups in total. The highest BCUT2D eigenvalue weighted by molar-refractivity contribution is 6.30. The van der Waals surface area contributed by atoms with Gasteiger partial charge >= 0.3 is 0 Å². The Morgan fingerprint density at radius 3 is 2.25 bits per heavy atom. The lowest BCUT2D eigenvalue weighted by molar-refractivity contribution is 0.587. The fraction of sp³-hybridized carbons (Fsp3) is 0.500. The van der Waals surface area contributed by atoms with Gasteiger partial charge in [-0.1, -0.05) is 38.4 Å². The van der Waals surface area contributed by atoms with Gasteiger partial charge in [-0.3, -0.25) is 0 Å². The molecule has 0 spiro atoms. The molecule has 0 atom stereocenters. The number of hydrogen-bond acceptors (Lipinski definition) is 1. The van der Waals surface area contributed by atoms with Gasteiger partial charge in [0, 0.05) is 5.69 Å². The molecule has 0 saturated carbocycles. The Bertz CT molecular complexity index is 286. The smallest absolute Gasteiger partial charge is 0.133 e. The molecule has 2 heteroatoms. The van der Waals surface area contributed by atoms with Crippen LogP contribution in [-0.4, -0.2) is 4.98 Å². The summed E-state index contributed by atoms with van der Waals surface area (Å²) in [5.41, 5.74) is 2.15. The summed E-state index contributed by atoms with van der Waals surface area (Å²) in [7, 11) is 0. The Morgan fingerprint density at radius 2 is 1.83 bits per heavy atom. The van der Waals surface area contributed by atoms with E-state index in [1.54, 1.807) is 0 Å². The largest absolute Gasteiger partial charge is 0.241 e.